The van der Waals surface area contributed by atoms with Gasteiger partial charge >= 0.3 is 0 Å². The molecule has 0 bridgehead atoms. The lowest BCUT2D eigenvalue weighted by Crippen LogP contribution is -2.12. The number of fused-ring (bicyclic) bond motifs is 1. The lowest BCUT2D eigenvalue weighted by atomic mass is 10.0. The number of hydrogen-bond donors (Lipinski definition) is 2. The monoisotopic (exact) mass is 253 g/mol. The van der Waals surface area contributed by atoms with Gasteiger partial charge in [0.15, 0.2) is 0 Å². The molecule has 0 saturated heterocycles. The number of carbonyl (C=O) groups is 1. The van der Waals surface area contributed by atoms with Crippen molar-refractivity contribution in [3.05, 3.63) is 59.4 Å². The summed E-state index contributed by atoms with van der Waals surface area (Å²) in [4.78, 5) is 16.0. The van der Waals surface area contributed by atoms with Gasteiger partial charge in [-0.25, -0.2) is 0 Å². The predicted molar refractivity (Wildman–Crippen MR) is 73.9 cm³/mol. The third-order valence-electron chi connectivity index (χ3n) is 3.47. The zero-order valence-corrected chi connectivity index (χ0v) is 10.5. The summed E-state index contributed by atoms with van der Waals surface area (Å²) in [5.74, 6) is -0.102. The summed E-state index contributed by atoms with van der Waals surface area (Å²) in [5.41, 5.74) is 9.76. The van der Waals surface area contributed by atoms with Crippen molar-refractivity contribution in [3.8, 4) is 0 Å². The fourth-order valence-corrected chi connectivity index (χ4v) is 2.43. The average molecular weight is 253 g/mol. The van der Waals surface area contributed by atoms with Crippen LogP contribution in [0.1, 0.15) is 33.9 Å². The number of pyridine rings is 1. The first-order chi connectivity index (χ1) is 9.24. The molecule has 19 heavy (non-hydrogen) atoms. The highest BCUT2D eigenvalue weighted by Crippen LogP contribution is 2.29. The van der Waals surface area contributed by atoms with Gasteiger partial charge in [0.2, 0.25) is 0 Å². The molecule has 1 aromatic heterocycles. The van der Waals surface area contributed by atoms with Crippen LogP contribution >= 0.6 is 0 Å². The summed E-state index contributed by atoms with van der Waals surface area (Å²) >= 11 is 0. The molecule has 3 rings (SSSR count). The van der Waals surface area contributed by atoms with Gasteiger partial charge in [0, 0.05) is 29.7 Å². The second-order valence-electron chi connectivity index (χ2n) is 4.75. The van der Waals surface area contributed by atoms with E-state index >= 15 is 0 Å². The molecule has 96 valence electrons. The fourth-order valence-electron chi connectivity index (χ4n) is 2.43. The molecule has 1 amide bonds. The van der Waals surface area contributed by atoms with Crippen LogP contribution in [0.3, 0.4) is 0 Å². The summed E-state index contributed by atoms with van der Waals surface area (Å²) in [6, 6.07) is 9.39. The third-order valence-corrected chi connectivity index (χ3v) is 3.47. The maximum absolute atomic E-state index is 12.1. The Morgan fingerprint density at radius 3 is 2.84 bits per heavy atom. The summed E-state index contributed by atoms with van der Waals surface area (Å²) < 4.78 is 0. The molecule has 1 unspecified atom stereocenters. The molecule has 1 aliphatic rings. The van der Waals surface area contributed by atoms with Gasteiger partial charge in [0.25, 0.3) is 5.91 Å². The number of carbonyl (C=O) groups excluding carboxylic acids is 1. The van der Waals surface area contributed by atoms with Crippen molar-refractivity contribution in [2.45, 2.75) is 18.9 Å². The third kappa shape index (κ3) is 2.35. The van der Waals surface area contributed by atoms with E-state index in [0.717, 1.165) is 18.5 Å². The van der Waals surface area contributed by atoms with E-state index < -0.39 is 0 Å². The van der Waals surface area contributed by atoms with Crippen molar-refractivity contribution in [3.63, 3.8) is 0 Å². The Balaban J connectivity index is 1.81. The summed E-state index contributed by atoms with van der Waals surface area (Å²) in [6.07, 6.45) is 5.21. The highest BCUT2D eigenvalue weighted by Gasteiger charge is 2.20. The lowest BCUT2D eigenvalue weighted by molar-refractivity contribution is 0.102. The molecule has 1 heterocycles. The molecule has 4 nitrogen and oxygen atoms in total. The van der Waals surface area contributed by atoms with Crippen molar-refractivity contribution in [1.82, 2.24) is 4.98 Å². The van der Waals surface area contributed by atoms with Gasteiger partial charge in [0.1, 0.15) is 0 Å². The quantitative estimate of drug-likeness (QED) is 0.862. The van der Waals surface area contributed by atoms with Crippen LogP contribution in [0.5, 0.6) is 0 Å². The van der Waals surface area contributed by atoms with Crippen LogP contribution < -0.4 is 11.1 Å². The summed E-state index contributed by atoms with van der Waals surface area (Å²) in [5, 5.41) is 2.85. The maximum Gasteiger partial charge on any atom is 0.255 e. The molecule has 0 saturated carbocycles. The highest BCUT2D eigenvalue weighted by molar-refractivity contribution is 6.04. The molecular formula is C15H15N3O. The highest BCUT2D eigenvalue weighted by atomic mass is 16.1. The van der Waals surface area contributed by atoms with E-state index in [4.69, 9.17) is 5.73 Å². The molecule has 1 aromatic carbocycles. The van der Waals surface area contributed by atoms with E-state index in [0.29, 0.717) is 5.56 Å². The van der Waals surface area contributed by atoms with Crippen LogP contribution in [0.15, 0.2) is 42.7 Å². The molecule has 0 spiro atoms. The van der Waals surface area contributed by atoms with Gasteiger partial charge in [-0.15, -0.1) is 0 Å². The Morgan fingerprint density at radius 2 is 2.05 bits per heavy atom. The Morgan fingerprint density at radius 1 is 1.26 bits per heavy atom. The second kappa shape index (κ2) is 4.82. The van der Waals surface area contributed by atoms with Crippen LogP contribution in [-0.2, 0) is 6.42 Å². The van der Waals surface area contributed by atoms with Crippen LogP contribution in [0.4, 0.5) is 5.69 Å². The fraction of sp³-hybridized carbons (Fsp3) is 0.200. The SMILES string of the molecule is NC1CCc2cc(C(=O)Nc3ccncc3)ccc21. The van der Waals surface area contributed by atoms with Gasteiger partial charge in [0.05, 0.1) is 0 Å². The molecular weight excluding hydrogens is 238 g/mol. The molecule has 3 N–H and O–H groups in total. The van der Waals surface area contributed by atoms with Crippen LogP contribution in [-0.4, -0.2) is 10.9 Å². The minimum absolute atomic E-state index is 0.102. The zero-order valence-electron chi connectivity index (χ0n) is 10.5. The van der Waals surface area contributed by atoms with Crippen molar-refractivity contribution in [2.75, 3.05) is 5.32 Å². The van der Waals surface area contributed by atoms with Crippen LogP contribution in [0.2, 0.25) is 0 Å². The van der Waals surface area contributed by atoms with Crippen molar-refractivity contribution < 1.29 is 4.79 Å². The topological polar surface area (TPSA) is 68.0 Å². The van der Waals surface area contributed by atoms with Gasteiger partial charge in [-0.1, -0.05) is 6.07 Å². The largest absolute Gasteiger partial charge is 0.324 e. The first kappa shape index (κ1) is 11.9. The van der Waals surface area contributed by atoms with E-state index in [2.05, 4.69) is 10.3 Å². The maximum atomic E-state index is 12.1. The van der Waals surface area contributed by atoms with E-state index in [9.17, 15) is 4.79 Å². The van der Waals surface area contributed by atoms with Crippen molar-refractivity contribution in [1.29, 1.82) is 0 Å². The zero-order chi connectivity index (χ0) is 13.2. The second-order valence-corrected chi connectivity index (χ2v) is 4.75. The number of rotatable bonds is 2. The summed E-state index contributed by atoms with van der Waals surface area (Å²) in [7, 11) is 0. The number of nitrogens with zero attached hydrogens (tertiary/aromatic N) is 1. The molecule has 0 radical (unpaired) electrons. The van der Waals surface area contributed by atoms with Crippen molar-refractivity contribution >= 4 is 11.6 Å². The first-order valence-corrected chi connectivity index (χ1v) is 6.34. The number of benzene rings is 1. The van der Waals surface area contributed by atoms with Crippen LogP contribution in [0.25, 0.3) is 0 Å². The number of aryl methyl sites for hydroxylation is 1. The smallest absolute Gasteiger partial charge is 0.255 e. The Labute approximate surface area is 111 Å². The van der Waals surface area contributed by atoms with E-state index in [-0.39, 0.29) is 11.9 Å². The minimum atomic E-state index is -0.102. The van der Waals surface area contributed by atoms with Gasteiger partial charge in [-0.05, 0) is 48.2 Å². The lowest BCUT2D eigenvalue weighted by Gasteiger charge is -2.08. The number of nitrogens with two attached hydrogens (primary N) is 1. The Bertz CT molecular complexity index is 610. The average Bonchev–Trinajstić information content (AvgIpc) is 2.81. The Hall–Kier alpha value is -2.20. The molecule has 0 aliphatic heterocycles. The molecule has 1 atom stereocenters. The number of amides is 1. The van der Waals surface area contributed by atoms with Gasteiger partial charge in [-0.2, -0.15) is 0 Å². The number of aromatic nitrogens is 1. The number of hydrogen-bond acceptors (Lipinski definition) is 3. The van der Waals surface area contributed by atoms with Gasteiger partial charge < -0.3 is 11.1 Å². The normalized spacial score (nSPS) is 17.0. The molecule has 1 aliphatic carbocycles. The standard InChI is InChI=1S/C15H15N3O/c16-14-4-2-10-9-11(1-3-13(10)14)15(19)18-12-5-7-17-8-6-12/h1,3,5-9,14H,2,4,16H2,(H,17,18,19). The van der Waals surface area contributed by atoms with E-state index in [1.165, 1.54) is 11.1 Å². The predicted octanol–water partition coefficient (Wildman–Crippen LogP) is 2.28. The van der Waals surface area contributed by atoms with E-state index in [1.807, 2.05) is 18.2 Å². The Kier molecular flexibility index (Phi) is 3.01. The first-order valence-electron chi connectivity index (χ1n) is 6.34. The molecule has 0 fully saturated rings. The number of anilines is 1. The molecule has 2 aromatic rings. The van der Waals surface area contributed by atoms with E-state index in [1.54, 1.807) is 24.5 Å². The minimum Gasteiger partial charge on any atom is -0.324 e. The number of nitrogens with one attached hydrogen (secondary N) is 1. The van der Waals surface area contributed by atoms with Crippen LogP contribution in [0, 0.1) is 0 Å². The molecule has 4 heteroatoms. The van der Waals surface area contributed by atoms with Crippen molar-refractivity contribution in [2.24, 2.45) is 5.73 Å². The summed E-state index contributed by atoms with van der Waals surface area (Å²) in [6.45, 7) is 0. The van der Waals surface area contributed by atoms with Gasteiger partial charge in [-0.3, -0.25) is 9.78 Å².